The van der Waals surface area contributed by atoms with Gasteiger partial charge in [-0.3, -0.25) is 23.5 Å². The number of hydrogen-bond acceptors (Lipinski definition) is 3. The Morgan fingerprint density at radius 1 is 0.844 bits per heavy atom. The van der Waals surface area contributed by atoms with Crippen molar-refractivity contribution in [3.8, 4) is 0 Å². The predicted octanol–water partition coefficient (Wildman–Crippen LogP) is 3.49. The van der Waals surface area contributed by atoms with Gasteiger partial charge in [-0.2, -0.15) is 0 Å². The number of hydrogen-bond donors (Lipinski definition) is 1. The van der Waals surface area contributed by atoms with Crippen molar-refractivity contribution in [1.29, 1.82) is 0 Å². The van der Waals surface area contributed by atoms with E-state index in [1.807, 2.05) is 43.3 Å². The molecule has 0 radical (unpaired) electrons. The number of nitrogens with zero attached hydrogens (tertiary/aromatic N) is 2. The van der Waals surface area contributed by atoms with Crippen molar-refractivity contribution in [3.63, 3.8) is 0 Å². The molecule has 0 aliphatic carbocycles. The highest BCUT2D eigenvalue weighted by Gasteiger charge is 2.15. The van der Waals surface area contributed by atoms with Crippen LogP contribution >= 0.6 is 11.6 Å². The molecule has 1 aromatic heterocycles. The van der Waals surface area contributed by atoms with Crippen molar-refractivity contribution < 1.29 is 4.79 Å². The van der Waals surface area contributed by atoms with Gasteiger partial charge >= 0.3 is 11.1 Å². The summed E-state index contributed by atoms with van der Waals surface area (Å²) in [7, 11) is 0. The highest BCUT2D eigenvalue weighted by Crippen LogP contribution is 2.14. The summed E-state index contributed by atoms with van der Waals surface area (Å²) in [5.41, 5.74) is 2.61. The molecule has 0 aliphatic rings. The van der Waals surface area contributed by atoms with Crippen LogP contribution in [0.25, 0.3) is 11.0 Å². The van der Waals surface area contributed by atoms with Crippen molar-refractivity contribution in [3.05, 3.63) is 115 Å². The van der Waals surface area contributed by atoms with Gasteiger partial charge in [-0.25, -0.2) is 0 Å². The first-order chi connectivity index (χ1) is 15.4. The number of halogens is 1. The molecule has 162 valence electrons. The largest absolute Gasteiger partial charge is 0.350 e. The van der Waals surface area contributed by atoms with E-state index < -0.39 is 11.1 Å². The summed E-state index contributed by atoms with van der Waals surface area (Å²) < 4.78 is 2.67. The van der Waals surface area contributed by atoms with Crippen LogP contribution in [0.3, 0.4) is 0 Å². The Morgan fingerprint density at radius 3 is 2.12 bits per heavy atom. The zero-order valence-electron chi connectivity index (χ0n) is 17.5. The molecular weight excluding hydrogens is 426 g/mol. The molecule has 0 saturated carbocycles. The highest BCUT2D eigenvalue weighted by molar-refractivity contribution is 6.30. The summed E-state index contributed by atoms with van der Waals surface area (Å²) in [6, 6.07) is 22.0. The summed E-state index contributed by atoms with van der Waals surface area (Å²) in [6.45, 7) is 2.32. The molecule has 4 rings (SSSR count). The lowest BCUT2D eigenvalue weighted by Gasteiger charge is -2.15. The van der Waals surface area contributed by atoms with E-state index in [0.29, 0.717) is 22.6 Å². The number of benzene rings is 3. The molecule has 1 amide bonds. The summed E-state index contributed by atoms with van der Waals surface area (Å²) >= 11 is 5.95. The van der Waals surface area contributed by atoms with Crippen molar-refractivity contribution >= 4 is 28.5 Å². The molecule has 0 aliphatic heterocycles. The summed E-state index contributed by atoms with van der Waals surface area (Å²) in [4.78, 5) is 38.5. The summed E-state index contributed by atoms with van der Waals surface area (Å²) in [5.74, 6) is -0.338. The Kier molecular flexibility index (Phi) is 6.23. The van der Waals surface area contributed by atoms with Crippen molar-refractivity contribution in [2.75, 3.05) is 0 Å². The van der Waals surface area contributed by atoms with E-state index >= 15 is 0 Å². The van der Waals surface area contributed by atoms with Gasteiger partial charge in [-0.1, -0.05) is 60.1 Å². The molecule has 1 heterocycles. The number of carbonyl (C=O) groups is 1. The third kappa shape index (κ3) is 4.50. The maximum Gasteiger partial charge on any atom is 0.317 e. The average Bonchev–Trinajstić information content (AvgIpc) is 2.80. The molecule has 1 N–H and O–H groups in total. The number of rotatable bonds is 6. The first-order valence-electron chi connectivity index (χ1n) is 10.2. The van der Waals surface area contributed by atoms with Gasteiger partial charge < -0.3 is 5.32 Å². The molecule has 7 heteroatoms. The molecule has 32 heavy (non-hydrogen) atoms. The number of carbonyl (C=O) groups excluding carboxylic acids is 1. The van der Waals surface area contributed by atoms with Crippen LogP contribution in [0.4, 0.5) is 0 Å². The maximum absolute atomic E-state index is 13.0. The van der Waals surface area contributed by atoms with Crippen LogP contribution in [0, 0.1) is 6.92 Å². The smallest absolute Gasteiger partial charge is 0.317 e. The zero-order valence-corrected chi connectivity index (χ0v) is 18.3. The van der Waals surface area contributed by atoms with E-state index in [9.17, 15) is 14.4 Å². The standard InChI is InChI=1S/C25H22ClN3O3/c1-17-6-2-3-7-19(17)14-27-23(30)16-29-22-9-5-4-8-21(22)28(24(31)25(29)32)15-18-10-12-20(26)13-11-18/h2-13H,14-16H2,1H3,(H,27,30). The molecule has 3 aromatic carbocycles. The van der Waals surface area contributed by atoms with Crippen molar-refractivity contribution in [1.82, 2.24) is 14.5 Å². The number of para-hydroxylation sites is 2. The minimum atomic E-state index is -0.733. The SMILES string of the molecule is Cc1ccccc1CNC(=O)Cn1c(=O)c(=O)n(Cc2ccc(Cl)cc2)c2ccccc21. The summed E-state index contributed by atoms with van der Waals surface area (Å²) in [6.07, 6.45) is 0. The van der Waals surface area contributed by atoms with Gasteiger partial charge in [0, 0.05) is 11.6 Å². The topological polar surface area (TPSA) is 73.1 Å². The van der Waals surface area contributed by atoms with Crippen LogP contribution in [0.5, 0.6) is 0 Å². The van der Waals surface area contributed by atoms with Gasteiger partial charge in [0.1, 0.15) is 6.54 Å². The van der Waals surface area contributed by atoms with Gasteiger partial charge in [-0.05, 0) is 47.9 Å². The second-order valence-corrected chi connectivity index (χ2v) is 8.04. The minimum Gasteiger partial charge on any atom is -0.350 e. The maximum atomic E-state index is 13.0. The van der Waals surface area contributed by atoms with Crippen LogP contribution < -0.4 is 16.4 Å². The molecule has 6 nitrogen and oxygen atoms in total. The van der Waals surface area contributed by atoms with Crippen LogP contribution in [0.2, 0.25) is 5.02 Å². The number of aromatic nitrogens is 2. The van der Waals surface area contributed by atoms with E-state index in [2.05, 4.69) is 5.32 Å². The van der Waals surface area contributed by atoms with E-state index in [1.165, 1.54) is 9.13 Å². The lowest BCUT2D eigenvalue weighted by molar-refractivity contribution is -0.121. The molecular formula is C25H22ClN3O3. The second-order valence-electron chi connectivity index (χ2n) is 7.60. The second kappa shape index (κ2) is 9.24. The van der Waals surface area contributed by atoms with E-state index in [0.717, 1.165) is 16.7 Å². The summed E-state index contributed by atoms with van der Waals surface area (Å²) in [5, 5.41) is 3.43. The fourth-order valence-electron chi connectivity index (χ4n) is 3.66. The fraction of sp³-hybridized carbons (Fsp3) is 0.160. The Labute approximate surface area is 189 Å². The molecule has 0 saturated heterocycles. The Morgan fingerprint density at radius 2 is 1.44 bits per heavy atom. The van der Waals surface area contributed by atoms with Gasteiger partial charge in [0.05, 0.1) is 17.6 Å². The molecule has 0 atom stereocenters. The van der Waals surface area contributed by atoms with Gasteiger partial charge in [-0.15, -0.1) is 0 Å². The monoisotopic (exact) mass is 447 g/mol. The number of aryl methyl sites for hydroxylation is 1. The normalized spacial score (nSPS) is 10.9. The molecule has 0 spiro atoms. The predicted molar refractivity (Wildman–Crippen MR) is 126 cm³/mol. The van der Waals surface area contributed by atoms with Crippen LogP contribution in [-0.4, -0.2) is 15.0 Å². The lowest BCUT2D eigenvalue weighted by atomic mass is 10.1. The van der Waals surface area contributed by atoms with Crippen LogP contribution in [0.15, 0.2) is 82.4 Å². The quantitative estimate of drug-likeness (QED) is 0.460. The van der Waals surface area contributed by atoms with E-state index in [-0.39, 0.29) is 19.0 Å². The fourth-order valence-corrected chi connectivity index (χ4v) is 3.78. The molecule has 4 aromatic rings. The Balaban J connectivity index is 1.65. The van der Waals surface area contributed by atoms with Crippen molar-refractivity contribution in [2.45, 2.75) is 26.6 Å². The van der Waals surface area contributed by atoms with Crippen LogP contribution in [0.1, 0.15) is 16.7 Å². The highest BCUT2D eigenvalue weighted by atomic mass is 35.5. The average molecular weight is 448 g/mol. The minimum absolute atomic E-state index is 0.228. The van der Waals surface area contributed by atoms with Crippen molar-refractivity contribution in [2.24, 2.45) is 0 Å². The number of fused-ring (bicyclic) bond motifs is 1. The third-order valence-corrected chi connectivity index (χ3v) is 5.68. The van der Waals surface area contributed by atoms with Gasteiger partial charge in [0.2, 0.25) is 5.91 Å². The first kappa shape index (κ1) is 21.6. The Bertz CT molecular complexity index is 1400. The van der Waals surface area contributed by atoms with Gasteiger partial charge in [0.25, 0.3) is 0 Å². The molecule has 0 fully saturated rings. The third-order valence-electron chi connectivity index (χ3n) is 5.43. The Hall–Kier alpha value is -3.64. The first-order valence-corrected chi connectivity index (χ1v) is 10.6. The van der Waals surface area contributed by atoms with E-state index in [1.54, 1.807) is 36.4 Å². The molecule has 0 bridgehead atoms. The number of amides is 1. The molecule has 0 unspecified atom stereocenters. The number of nitrogens with one attached hydrogen (secondary N) is 1. The zero-order chi connectivity index (χ0) is 22.7. The van der Waals surface area contributed by atoms with E-state index in [4.69, 9.17) is 11.6 Å². The van der Waals surface area contributed by atoms with Crippen LogP contribution in [-0.2, 0) is 24.4 Å². The lowest BCUT2D eigenvalue weighted by Crippen LogP contribution is -2.44. The van der Waals surface area contributed by atoms with Gasteiger partial charge in [0.15, 0.2) is 0 Å².